The van der Waals surface area contributed by atoms with Crippen molar-refractivity contribution in [3.05, 3.63) is 57.8 Å². The molecule has 0 aliphatic heterocycles. The normalized spacial score (nSPS) is 12.8. The first-order valence-corrected chi connectivity index (χ1v) is 7.76. The molecule has 1 heterocycles. The number of alkyl halides is 1. The molecule has 1 aromatic heterocycles. The van der Waals surface area contributed by atoms with Crippen LogP contribution < -0.4 is 0 Å². The summed E-state index contributed by atoms with van der Waals surface area (Å²) in [4.78, 5) is 4.65. The highest BCUT2D eigenvalue weighted by Crippen LogP contribution is 2.36. The Morgan fingerprint density at radius 2 is 1.67 bits per heavy atom. The number of rotatable bonds is 2. The van der Waals surface area contributed by atoms with Crippen LogP contribution in [-0.4, -0.2) is 9.55 Å². The van der Waals surface area contributed by atoms with E-state index in [1.54, 1.807) is 0 Å². The molecule has 0 aliphatic rings. The Morgan fingerprint density at radius 3 is 2.29 bits per heavy atom. The minimum absolute atomic E-state index is 0.260. The van der Waals surface area contributed by atoms with Crippen molar-refractivity contribution in [2.45, 2.75) is 19.2 Å². The van der Waals surface area contributed by atoms with E-state index in [0.717, 1.165) is 28.1 Å². The van der Waals surface area contributed by atoms with Crippen LogP contribution in [0.1, 0.15) is 23.7 Å². The van der Waals surface area contributed by atoms with Crippen molar-refractivity contribution in [3.8, 4) is 5.69 Å². The van der Waals surface area contributed by atoms with Crippen LogP contribution in [0.4, 0.5) is 0 Å². The second-order valence-electron chi connectivity index (χ2n) is 4.93. The van der Waals surface area contributed by atoms with E-state index >= 15 is 0 Å². The van der Waals surface area contributed by atoms with E-state index in [1.807, 2.05) is 54.8 Å². The molecule has 0 radical (unpaired) electrons. The molecule has 0 fully saturated rings. The highest BCUT2D eigenvalue weighted by molar-refractivity contribution is 6.38. The maximum Gasteiger partial charge on any atom is 0.132 e. The van der Waals surface area contributed by atoms with E-state index in [0.29, 0.717) is 10.0 Å². The summed E-state index contributed by atoms with van der Waals surface area (Å²) in [5, 5.41) is 0.886. The lowest BCUT2D eigenvalue weighted by Crippen LogP contribution is -2.04. The van der Waals surface area contributed by atoms with Gasteiger partial charge in [-0.05, 0) is 37.6 Å². The number of hydrogen-bond acceptors (Lipinski definition) is 1. The van der Waals surface area contributed by atoms with Crippen LogP contribution in [-0.2, 0) is 0 Å². The number of fused-ring (bicyclic) bond motifs is 1. The van der Waals surface area contributed by atoms with Crippen molar-refractivity contribution >= 4 is 45.8 Å². The van der Waals surface area contributed by atoms with Crippen molar-refractivity contribution < 1.29 is 0 Å². The van der Waals surface area contributed by atoms with Gasteiger partial charge in [0.05, 0.1) is 32.1 Å². The topological polar surface area (TPSA) is 17.8 Å². The molecule has 0 saturated carbocycles. The molecule has 0 saturated heterocycles. The van der Waals surface area contributed by atoms with Gasteiger partial charge in [-0.1, -0.05) is 41.4 Å². The summed E-state index contributed by atoms with van der Waals surface area (Å²) in [5.41, 5.74) is 3.68. The van der Waals surface area contributed by atoms with Crippen molar-refractivity contribution in [1.82, 2.24) is 9.55 Å². The van der Waals surface area contributed by atoms with Gasteiger partial charge in [0, 0.05) is 0 Å². The monoisotopic (exact) mass is 338 g/mol. The number of halogens is 3. The fraction of sp³-hybridized carbons (Fsp3) is 0.188. The van der Waals surface area contributed by atoms with E-state index in [2.05, 4.69) is 4.98 Å². The fourth-order valence-corrected chi connectivity index (χ4v) is 3.22. The highest BCUT2D eigenvalue weighted by Gasteiger charge is 2.20. The molecule has 1 unspecified atom stereocenters. The third-order valence-electron chi connectivity index (χ3n) is 3.42. The number of hydrogen-bond donors (Lipinski definition) is 0. The Labute approximate surface area is 138 Å². The Hall–Kier alpha value is -1.22. The minimum Gasteiger partial charge on any atom is -0.292 e. The summed E-state index contributed by atoms with van der Waals surface area (Å²) in [7, 11) is 0. The van der Waals surface area contributed by atoms with Crippen LogP contribution in [0.15, 0.2) is 36.4 Å². The second kappa shape index (κ2) is 5.53. The summed E-state index contributed by atoms with van der Waals surface area (Å²) in [6.45, 7) is 3.92. The molecular weight excluding hydrogens is 327 g/mol. The van der Waals surface area contributed by atoms with Crippen LogP contribution in [0.2, 0.25) is 10.0 Å². The van der Waals surface area contributed by atoms with Gasteiger partial charge in [-0.2, -0.15) is 0 Å². The average molecular weight is 340 g/mol. The third-order valence-corrected chi connectivity index (χ3v) is 4.23. The second-order valence-corrected chi connectivity index (χ2v) is 6.40. The predicted molar refractivity (Wildman–Crippen MR) is 90.1 cm³/mol. The summed E-state index contributed by atoms with van der Waals surface area (Å²) in [6.07, 6.45) is 0. The van der Waals surface area contributed by atoms with Gasteiger partial charge in [0.2, 0.25) is 0 Å². The first-order valence-electron chi connectivity index (χ1n) is 6.57. The van der Waals surface area contributed by atoms with Gasteiger partial charge < -0.3 is 0 Å². The summed E-state index contributed by atoms with van der Waals surface area (Å²) < 4.78 is 1.97. The highest BCUT2D eigenvalue weighted by atomic mass is 35.5. The Balaban J connectivity index is 2.48. The maximum atomic E-state index is 6.37. The largest absolute Gasteiger partial charge is 0.292 e. The molecule has 0 N–H and O–H groups in total. The van der Waals surface area contributed by atoms with Gasteiger partial charge in [-0.3, -0.25) is 4.57 Å². The minimum atomic E-state index is -0.260. The molecule has 3 aromatic rings. The lowest BCUT2D eigenvalue weighted by molar-refractivity contribution is 0.881. The van der Waals surface area contributed by atoms with Gasteiger partial charge in [0.15, 0.2) is 0 Å². The van der Waals surface area contributed by atoms with Crippen molar-refractivity contribution in [2.24, 2.45) is 0 Å². The van der Waals surface area contributed by atoms with Crippen LogP contribution in [0, 0.1) is 6.92 Å². The van der Waals surface area contributed by atoms with E-state index < -0.39 is 0 Å². The molecule has 1 atom stereocenters. The summed E-state index contributed by atoms with van der Waals surface area (Å²) in [5.74, 6) is 0.732. The Morgan fingerprint density at radius 1 is 1.05 bits per heavy atom. The molecule has 0 aliphatic carbocycles. The van der Waals surface area contributed by atoms with Crippen molar-refractivity contribution in [3.63, 3.8) is 0 Å². The lowest BCUT2D eigenvalue weighted by Gasteiger charge is -2.14. The quantitative estimate of drug-likeness (QED) is 0.528. The lowest BCUT2D eigenvalue weighted by atomic mass is 10.2. The molecule has 2 aromatic carbocycles. The number of aromatic nitrogens is 2. The molecule has 3 rings (SSSR count). The number of aryl methyl sites for hydroxylation is 1. The first kappa shape index (κ1) is 14.7. The fourth-order valence-electron chi connectivity index (χ4n) is 2.51. The molecule has 0 bridgehead atoms. The van der Waals surface area contributed by atoms with E-state index in [-0.39, 0.29) is 5.38 Å². The number of nitrogens with zero attached hydrogens (tertiary/aromatic N) is 2. The Kier molecular flexibility index (Phi) is 3.87. The zero-order chi connectivity index (χ0) is 15.1. The van der Waals surface area contributed by atoms with E-state index in [4.69, 9.17) is 34.8 Å². The van der Waals surface area contributed by atoms with Gasteiger partial charge in [0.25, 0.3) is 0 Å². The zero-order valence-corrected chi connectivity index (χ0v) is 13.8. The number of para-hydroxylation sites is 2. The molecule has 2 nitrogen and oxygen atoms in total. The van der Waals surface area contributed by atoms with E-state index in [1.165, 1.54) is 0 Å². The molecule has 21 heavy (non-hydrogen) atoms. The van der Waals surface area contributed by atoms with E-state index in [9.17, 15) is 0 Å². The zero-order valence-electron chi connectivity index (χ0n) is 11.6. The summed E-state index contributed by atoms with van der Waals surface area (Å²) in [6, 6.07) is 11.4. The third kappa shape index (κ3) is 2.42. The van der Waals surface area contributed by atoms with Crippen LogP contribution in [0.25, 0.3) is 16.7 Å². The van der Waals surface area contributed by atoms with Crippen molar-refractivity contribution in [2.75, 3.05) is 0 Å². The number of benzene rings is 2. The van der Waals surface area contributed by atoms with Crippen molar-refractivity contribution in [1.29, 1.82) is 0 Å². The van der Waals surface area contributed by atoms with Gasteiger partial charge >= 0.3 is 0 Å². The average Bonchev–Trinajstić information content (AvgIpc) is 2.80. The molecule has 108 valence electrons. The molecule has 0 spiro atoms. The van der Waals surface area contributed by atoms with Crippen LogP contribution >= 0.6 is 34.8 Å². The molecule has 5 heteroatoms. The van der Waals surface area contributed by atoms with Crippen LogP contribution in [0.5, 0.6) is 0 Å². The van der Waals surface area contributed by atoms with Crippen LogP contribution in [0.3, 0.4) is 0 Å². The maximum absolute atomic E-state index is 6.37. The smallest absolute Gasteiger partial charge is 0.132 e. The van der Waals surface area contributed by atoms with Gasteiger partial charge in [0.1, 0.15) is 5.82 Å². The van der Waals surface area contributed by atoms with Gasteiger partial charge in [-0.25, -0.2) is 4.98 Å². The molecule has 0 amide bonds. The van der Waals surface area contributed by atoms with Gasteiger partial charge in [-0.15, -0.1) is 11.6 Å². The Bertz CT molecular complexity index is 801. The summed E-state index contributed by atoms with van der Waals surface area (Å²) >= 11 is 19.1. The standard InChI is InChI=1S/C16H13Cl3N2/c1-9-5-3-8-13-14(9)21(16(20-13)10(2)17)15-11(18)6-4-7-12(15)19/h3-8,10H,1-2H3. The molecular formula is C16H13Cl3N2. The SMILES string of the molecule is Cc1cccc2nc(C(C)Cl)n(-c3c(Cl)cccc3Cl)c12. The first-order chi connectivity index (χ1) is 10.0. The predicted octanol–water partition coefficient (Wildman–Crippen LogP) is 5.94. The number of imidazole rings is 1.